The Hall–Kier alpha value is -3.34. The van der Waals surface area contributed by atoms with Crippen molar-refractivity contribution >= 4 is 16.9 Å². The first-order valence-corrected chi connectivity index (χ1v) is 10.6. The van der Waals surface area contributed by atoms with Crippen LogP contribution in [0.4, 0.5) is 0 Å². The summed E-state index contributed by atoms with van der Waals surface area (Å²) >= 11 is 0. The fourth-order valence-corrected chi connectivity index (χ4v) is 4.59. The molecule has 30 heavy (non-hydrogen) atoms. The van der Waals surface area contributed by atoms with Crippen LogP contribution in [0.5, 0.6) is 0 Å². The molecule has 0 saturated heterocycles. The standard InChI is InChI=1S/C25H25N3O2/c29-25(23-16-20-8-4-5-9-22(20)30-23)28(17-24-26-14-15-27-24)21-12-10-19(11-13-21)18-6-2-1-3-7-18/h1-9,14-16,19,21H,10-13,17H2,(H,26,27). The largest absolute Gasteiger partial charge is 0.451 e. The number of H-pyrrole nitrogens is 1. The summed E-state index contributed by atoms with van der Waals surface area (Å²) in [7, 11) is 0. The summed E-state index contributed by atoms with van der Waals surface area (Å²) in [5, 5.41) is 0.951. The zero-order valence-corrected chi connectivity index (χ0v) is 16.8. The molecule has 0 bridgehead atoms. The average molecular weight is 399 g/mol. The van der Waals surface area contributed by atoms with Gasteiger partial charge in [0, 0.05) is 23.8 Å². The number of aromatic nitrogens is 2. The Balaban J connectivity index is 1.37. The van der Waals surface area contributed by atoms with E-state index in [1.54, 1.807) is 12.4 Å². The number of hydrogen-bond acceptors (Lipinski definition) is 3. The Morgan fingerprint density at radius 1 is 1.03 bits per heavy atom. The molecule has 1 N–H and O–H groups in total. The molecule has 0 radical (unpaired) electrons. The van der Waals surface area contributed by atoms with E-state index < -0.39 is 0 Å². The van der Waals surface area contributed by atoms with E-state index >= 15 is 0 Å². The van der Waals surface area contributed by atoms with Crippen LogP contribution < -0.4 is 0 Å². The predicted molar refractivity (Wildman–Crippen MR) is 116 cm³/mol. The summed E-state index contributed by atoms with van der Waals surface area (Å²) in [4.78, 5) is 22.9. The third kappa shape index (κ3) is 3.75. The van der Waals surface area contributed by atoms with Crippen LogP contribution in [0.25, 0.3) is 11.0 Å². The first kappa shape index (κ1) is 18.7. The van der Waals surface area contributed by atoms with E-state index in [2.05, 4.69) is 40.3 Å². The number of hydrogen-bond donors (Lipinski definition) is 1. The summed E-state index contributed by atoms with van der Waals surface area (Å²) in [6.07, 6.45) is 7.64. The average Bonchev–Trinajstić information content (AvgIpc) is 3.47. The number of fused-ring (bicyclic) bond motifs is 1. The first-order valence-electron chi connectivity index (χ1n) is 10.6. The Bertz CT molecular complexity index is 1080. The smallest absolute Gasteiger partial charge is 0.290 e. The Morgan fingerprint density at radius 2 is 1.80 bits per heavy atom. The van der Waals surface area contributed by atoms with E-state index in [0.717, 1.165) is 42.5 Å². The molecule has 0 unspecified atom stereocenters. The molecule has 0 atom stereocenters. The van der Waals surface area contributed by atoms with Crippen molar-refractivity contribution in [2.75, 3.05) is 0 Å². The van der Waals surface area contributed by atoms with Gasteiger partial charge in [-0.15, -0.1) is 0 Å². The van der Waals surface area contributed by atoms with Gasteiger partial charge in [-0.1, -0.05) is 48.5 Å². The molecule has 1 saturated carbocycles. The minimum atomic E-state index is -0.0641. The van der Waals surface area contributed by atoms with Crippen LogP contribution in [0.2, 0.25) is 0 Å². The summed E-state index contributed by atoms with van der Waals surface area (Å²) in [5.74, 6) is 1.69. The van der Waals surface area contributed by atoms with Crippen LogP contribution in [0.1, 0.15) is 53.5 Å². The van der Waals surface area contributed by atoms with Crippen molar-refractivity contribution in [2.45, 2.75) is 44.2 Å². The van der Waals surface area contributed by atoms with E-state index in [1.807, 2.05) is 35.2 Å². The van der Waals surface area contributed by atoms with E-state index in [-0.39, 0.29) is 11.9 Å². The van der Waals surface area contributed by atoms with Crippen molar-refractivity contribution in [3.05, 3.63) is 90.2 Å². The minimum absolute atomic E-state index is 0.0641. The van der Waals surface area contributed by atoms with Gasteiger partial charge in [0.1, 0.15) is 11.4 Å². The summed E-state index contributed by atoms with van der Waals surface area (Å²) in [6.45, 7) is 0.462. The van der Waals surface area contributed by atoms with Gasteiger partial charge in [0.25, 0.3) is 5.91 Å². The molecule has 2 aromatic heterocycles. The number of carbonyl (C=O) groups excluding carboxylic acids is 1. The highest BCUT2D eigenvalue weighted by atomic mass is 16.3. The van der Waals surface area contributed by atoms with Gasteiger partial charge >= 0.3 is 0 Å². The number of para-hydroxylation sites is 1. The molecule has 0 spiro atoms. The first-order chi connectivity index (χ1) is 14.8. The third-order valence-corrected chi connectivity index (χ3v) is 6.18. The highest BCUT2D eigenvalue weighted by molar-refractivity contribution is 5.96. The maximum Gasteiger partial charge on any atom is 0.290 e. The molecule has 2 heterocycles. The second-order valence-corrected chi connectivity index (χ2v) is 8.03. The molecule has 5 heteroatoms. The van der Waals surface area contributed by atoms with Crippen LogP contribution in [0, 0.1) is 0 Å². The molecule has 1 fully saturated rings. The number of nitrogens with zero attached hydrogens (tertiary/aromatic N) is 2. The topological polar surface area (TPSA) is 62.1 Å². The number of carbonyl (C=O) groups is 1. The van der Waals surface area contributed by atoms with Crippen molar-refractivity contribution in [1.82, 2.24) is 14.9 Å². The number of rotatable bonds is 5. The number of aromatic amines is 1. The molecule has 1 aliphatic rings. The fraction of sp³-hybridized carbons (Fsp3) is 0.280. The van der Waals surface area contributed by atoms with Gasteiger partial charge in [-0.3, -0.25) is 4.79 Å². The number of benzene rings is 2. The van der Waals surface area contributed by atoms with Gasteiger partial charge in [0.2, 0.25) is 0 Å². The monoisotopic (exact) mass is 399 g/mol. The second-order valence-electron chi connectivity index (χ2n) is 8.03. The lowest BCUT2D eigenvalue weighted by Crippen LogP contribution is -2.41. The second kappa shape index (κ2) is 8.19. The van der Waals surface area contributed by atoms with Crippen LogP contribution in [-0.2, 0) is 6.54 Å². The lowest BCUT2D eigenvalue weighted by molar-refractivity contribution is 0.0569. The maximum absolute atomic E-state index is 13.5. The van der Waals surface area contributed by atoms with Crippen molar-refractivity contribution in [3.8, 4) is 0 Å². The minimum Gasteiger partial charge on any atom is -0.451 e. The summed E-state index contributed by atoms with van der Waals surface area (Å²) < 4.78 is 5.89. The maximum atomic E-state index is 13.5. The highest BCUT2D eigenvalue weighted by Gasteiger charge is 2.32. The van der Waals surface area contributed by atoms with E-state index in [1.165, 1.54) is 5.56 Å². The zero-order valence-electron chi connectivity index (χ0n) is 16.8. The van der Waals surface area contributed by atoms with Crippen LogP contribution >= 0.6 is 0 Å². The lowest BCUT2D eigenvalue weighted by atomic mass is 9.81. The molecule has 1 aliphatic carbocycles. The fourth-order valence-electron chi connectivity index (χ4n) is 4.59. The number of amides is 1. The van der Waals surface area contributed by atoms with Gasteiger partial charge in [-0.2, -0.15) is 0 Å². The van der Waals surface area contributed by atoms with E-state index in [0.29, 0.717) is 18.2 Å². The molecular weight excluding hydrogens is 374 g/mol. The Labute approximate surface area is 175 Å². The SMILES string of the molecule is O=C(c1cc2ccccc2o1)N(Cc1ncc[nH]1)C1CCC(c2ccccc2)CC1. The van der Waals surface area contributed by atoms with Gasteiger partial charge in [0.15, 0.2) is 5.76 Å². The Morgan fingerprint density at radius 3 is 2.53 bits per heavy atom. The molecular formula is C25H25N3O2. The molecule has 5 nitrogen and oxygen atoms in total. The van der Waals surface area contributed by atoms with Crippen molar-refractivity contribution in [2.24, 2.45) is 0 Å². The number of imidazole rings is 1. The van der Waals surface area contributed by atoms with Crippen LogP contribution in [-0.4, -0.2) is 26.8 Å². The van der Waals surface area contributed by atoms with Crippen LogP contribution in [0.3, 0.4) is 0 Å². The molecule has 5 rings (SSSR count). The lowest BCUT2D eigenvalue weighted by Gasteiger charge is -2.36. The van der Waals surface area contributed by atoms with Gasteiger partial charge in [-0.25, -0.2) is 4.98 Å². The van der Waals surface area contributed by atoms with Gasteiger partial charge in [-0.05, 0) is 49.3 Å². The van der Waals surface area contributed by atoms with Crippen LogP contribution in [0.15, 0.2) is 77.5 Å². The van der Waals surface area contributed by atoms with Crippen molar-refractivity contribution in [3.63, 3.8) is 0 Å². The van der Waals surface area contributed by atoms with Crippen molar-refractivity contribution < 1.29 is 9.21 Å². The highest BCUT2D eigenvalue weighted by Crippen LogP contribution is 2.35. The molecule has 1 amide bonds. The van der Waals surface area contributed by atoms with Gasteiger partial charge < -0.3 is 14.3 Å². The zero-order chi connectivity index (χ0) is 20.3. The molecule has 152 valence electrons. The number of furan rings is 1. The summed E-state index contributed by atoms with van der Waals surface area (Å²) in [5.41, 5.74) is 2.14. The molecule has 4 aromatic rings. The molecule has 2 aromatic carbocycles. The van der Waals surface area contributed by atoms with E-state index in [4.69, 9.17) is 4.42 Å². The van der Waals surface area contributed by atoms with Crippen molar-refractivity contribution in [1.29, 1.82) is 0 Å². The predicted octanol–water partition coefficient (Wildman–Crippen LogP) is 5.52. The Kier molecular flexibility index (Phi) is 5.10. The summed E-state index contributed by atoms with van der Waals surface area (Å²) in [6, 6.07) is 20.5. The van der Waals surface area contributed by atoms with E-state index in [9.17, 15) is 4.79 Å². The molecule has 0 aliphatic heterocycles. The van der Waals surface area contributed by atoms with Gasteiger partial charge in [0.05, 0.1) is 6.54 Å². The number of nitrogens with one attached hydrogen (secondary N) is 1. The third-order valence-electron chi connectivity index (χ3n) is 6.18. The quantitative estimate of drug-likeness (QED) is 0.480. The normalized spacial score (nSPS) is 19.1.